The molecule has 0 bridgehead atoms. The van der Waals surface area contributed by atoms with Crippen LogP contribution in [0.4, 0.5) is 32.0 Å². The van der Waals surface area contributed by atoms with Crippen molar-refractivity contribution in [1.29, 1.82) is 0 Å². The number of hydrogen-bond donors (Lipinski definition) is 1. The summed E-state index contributed by atoms with van der Waals surface area (Å²) in [5.41, 5.74) is -3.56. The molecule has 1 amide bonds. The molecule has 0 radical (unpaired) electrons. The molecule has 0 aliphatic heterocycles. The number of thioether (sulfide) groups is 1. The van der Waals surface area contributed by atoms with E-state index in [1.54, 1.807) is 18.2 Å². The number of anilines is 1. The van der Waals surface area contributed by atoms with Crippen LogP contribution in [-0.2, 0) is 17.1 Å². The van der Waals surface area contributed by atoms with Crippen molar-refractivity contribution < 1.29 is 31.1 Å². The quantitative estimate of drug-likeness (QED) is 0.609. The topological polar surface area (TPSA) is 42.0 Å². The second kappa shape index (κ2) is 7.34. The van der Waals surface area contributed by atoms with E-state index >= 15 is 0 Å². The van der Waals surface area contributed by atoms with Gasteiger partial charge in [-0.1, -0.05) is 17.8 Å². The van der Waals surface area contributed by atoms with Crippen LogP contribution in [0.25, 0.3) is 0 Å². The highest BCUT2D eigenvalue weighted by molar-refractivity contribution is 7.99. The first-order valence-electron chi connectivity index (χ1n) is 6.69. The smallest absolute Gasteiger partial charge is 0.325 e. The van der Waals surface area contributed by atoms with Crippen LogP contribution in [-0.4, -0.2) is 16.6 Å². The summed E-state index contributed by atoms with van der Waals surface area (Å²) in [6.07, 6.45) is -8.45. The molecule has 2 aromatic rings. The number of carbonyl (C=O) groups excluding carboxylic acids is 1. The number of amides is 1. The molecule has 0 unspecified atom stereocenters. The molecule has 10 heteroatoms. The highest BCUT2D eigenvalue weighted by atomic mass is 32.2. The monoisotopic (exact) mass is 380 g/mol. The van der Waals surface area contributed by atoms with Crippen molar-refractivity contribution in [2.45, 2.75) is 17.4 Å². The molecule has 0 saturated heterocycles. The van der Waals surface area contributed by atoms with Crippen molar-refractivity contribution in [3.63, 3.8) is 0 Å². The predicted octanol–water partition coefficient (Wildman–Crippen LogP) is 4.85. The predicted molar refractivity (Wildman–Crippen MR) is 80.0 cm³/mol. The van der Waals surface area contributed by atoms with Gasteiger partial charge >= 0.3 is 12.4 Å². The number of nitrogens with one attached hydrogen (secondary N) is 1. The van der Waals surface area contributed by atoms with E-state index in [2.05, 4.69) is 4.98 Å². The molecule has 1 heterocycles. The van der Waals surface area contributed by atoms with Crippen LogP contribution in [0.5, 0.6) is 0 Å². The maximum atomic E-state index is 12.8. The Labute approximate surface area is 142 Å². The fourth-order valence-electron chi connectivity index (χ4n) is 1.80. The lowest BCUT2D eigenvalue weighted by Gasteiger charge is -2.14. The molecule has 3 nitrogen and oxygen atoms in total. The number of hydrogen-bond acceptors (Lipinski definition) is 3. The van der Waals surface area contributed by atoms with Crippen molar-refractivity contribution in [2.75, 3.05) is 11.1 Å². The molecule has 25 heavy (non-hydrogen) atoms. The van der Waals surface area contributed by atoms with Gasteiger partial charge in [0.25, 0.3) is 0 Å². The summed E-state index contributed by atoms with van der Waals surface area (Å²) < 4.78 is 76.5. The molecule has 2 rings (SSSR count). The van der Waals surface area contributed by atoms with E-state index in [0.29, 0.717) is 17.2 Å². The Kier molecular flexibility index (Phi) is 5.61. The van der Waals surface area contributed by atoms with Crippen molar-refractivity contribution in [3.05, 3.63) is 53.7 Å². The van der Waals surface area contributed by atoms with Crippen molar-refractivity contribution in [2.24, 2.45) is 0 Å². The summed E-state index contributed by atoms with van der Waals surface area (Å²) in [5, 5.41) is 2.55. The maximum Gasteiger partial charge on any atom is 0.416 e. The number of rotatable bonds is 4. The summed E-state index contributed by atoms with van der Waals surface area (Å²) in [7, 11) is 0. The van der Waals surface area contributed by atoms with Gasteiger partial charge < -0.3 is 5.32 Å². The van der Waals surface area contributed by atoms with E-state index in [1.807, 2.05) is 5.32 Å². The first kappa shape index (κ1) is 19.1. The minimum atomic E-state index is -4.97. The van der Waals surface area contributed by atoms with E-state index in [-0.39, 0.29) is 11.8 Å². The van der Waals surface area contributed by atoms with Gasteiger partial charge in [0.15, 0.2) is 0 Å². The van der Waals surface area contributed by atoms with Gasteiger partial charge in [-0.05, 0) is 30.3 Å². The molecule has 0 aliphatic rings. The number of alkyl halides is 6. The van der Waals surface area contributed by atoms with Gasteiger partial charge in [0.05, 0.1) is 21.9 Å². The first-order valence-corrected chi connectivity index (χ1v) is 7.67. The fourth-order valence-corrected chi connectivity index (χ4v) is 2.46. The number of benzene rings is 1. The van der Waals surface area contributed by atoms with Crippen molar-refractivity contribution >= 4 is 23.4 Å². The van der Waals surface area contributed by atoms with Gasteiger partial charge in [0.2, 0.25) is 5.91 Å². The summed E-state index contributed by atoms with van der Waals surface area (Å²) in [6.45, 7) is 0. The summed E-state index contributed by atoms with van der Waals surface area (Å²) in [6, 6.07) is 5.86. The van der Waals surface area contributed by atoms with Gasteiger partial charge in [0, 0.05) is 11.9 Å². The molecule has 0 aliphatic carbocycles. The van der Waals surface area contributed by atoms with E-state index in [1.165, 1.54) is 6.20 Å². The zero-order chi connectivity index (χ0) is 18.7. The van der Waals surface area contributed by atoms with Crippen LogP contribution in [0.1, 0.15) is 11.1 Å². The normalized spacial score (nSPS) is 12.1. The lowest BCUT2D eigenvalue weighted by molar-refractivity contribution is -0.143. The minimum absolute atomic E-state index is 0.00169. The molecular weight excluding hydrogens is 370 g/mol. The number of carbonyl (C=O) groups is 1. The number of nitrogens with zero attached hydrogens (tertiary/aromatic N) is 1. The Morgan fingerprint density at radius 3 is 2.08 bits per heavy atom. The second-order valence-corrected chi connectivity index (χ2v) is 5.80. The average Bonchev–Trinajstić information content (AvgIpc) is 2.52. The molecule has 0 atom stereocenters. The van der Waals surface area contributed by atoms with Crippen LogP contribution >= 0.6 is 11.8 Å². The standard InChI is InChI=1S/C15H10F6N2OS/c16-14(17,18)9-5-10(15(19,20)21)7-11(6-9)23-12(24)8-25-13-3-1-2-4-22-13/h1-7H,8H2,(H,23,24). The van der Waals surface area contributed by atoms with E-state index < -0.39 is 35.1 Å². The van der Waals surface area contributed by atoms with Crippen molar-refractivity contribution in [1.82, 2.24) is 4.98 Å². The highest BCUT2D eigenvalue weighted by Crippen LogP contribution is 2.37. The third-order valence-corrected chi connectivity index (χ3v) is 3.80. The van der Waals surface area contributed by atoms with Gasteiger partial charge in [-0.2, -0.15) is 26.3 Å². The summed E-state index contributed by atoms with van der Waals surface area (Å²) >= 11 is 1.000. The van der Waals surface area contributed by atoms with Gasteiger partial charge in [0.1, 0.15) is 0 Å². The zero-order valence-corrected chi connectivity index (χ0v) is 13.1. The van der Waals surface area contributed by atoms with Gasteiger partial charge in [-0.3, -0.25) is 4.79 Å². The van der Waals surface area contributed by atoms with E-state index in [4.69, 9.17) is 0 Å². The van der Waals surface area contributed by atoms with Crippen LogP contribution in [0, 0.1) is 0 Å². The van der Waals surface area contributed by atoms with Crippen LogP contribution in [0.15, 0.2) is 47.6 Å². The largest absolute Gasteiger partial charge is 0.416 e. The molecule has 1 aromatic heterocycles. The number of aromatic nitrogens is 1. The highest BCUT2D eigenvalue weighted by Gasteiger charge is 2.37. The zero-order valence-electron chi connectivity index (χ0n) is 12.3. The minimum Gasteiger partial charge on any atom is -0.325 e. The average molecular weight is 380 g/mol. The molecule has 0 spiro atoms. The third-order valence-electron chi connectivity index (χ3n) is 2.86. The van der Waals surface area contributed by atoms with Gasteiger partial charge in [-0.25, -0.2) is 4.98 Å². The summed E-state index contributed by atoms with van der Waals surface area (Å²) in [4.78, 5) is 15.7. The molecular formula is C15H10F6N2OS. The molecule has 0 saturated carbocycles. The molecule has 1 N–H and O–H groups in total. The molecule has 1 aromatic carbocycles. The SMILES string of the molecule is O=C(CSc1ccccn1)Nc1cc(C(F)(F)F)cc(C(F)(F)F)c1. The van der Waals surface area contributed by atoms with Crippen LogP contribution in [0.2, 0.25) is 0 Å². The Balaban J connectivity index is 2.16. The van der Waals surface area contributed by atoms with Crippen LogP contribution in [0.3, 0.4) is 0 Å². The Bertz CT molecular complexity index is 714. The fraction of sp³-hybridized carbons (Fsp3) is 0.200. The summed E-state index contributed by atoms with van der Waals surface area (Å²) in [5.74, 6) is -0.961. The van der Waals surface area contributed by atoms with Gasteiger partial charge in [-0.15, -0.1) is 0 Å². The van der Waals surface area contributed by atoms with Crippen molar-refractivity contribution in [3.8, 4) is 0 Å². The second-order valence-electron chi connectivity index (χ2n) is 4.80. The Morgan fingerprint density at radius 1 is 1.00 bits per heavy atom. The van der Waals surface area contributed by atoms with Crippen LogP contribution < -0.4 is 5.32 Å². The molecule has 134 valence electrons. The maximum absolute atomic E-state index is 12.8. The lowest BCUT2D eigenvalue weighted by Crippen LogP contribution is -2.17. The third kappa shape index (κ3) is 5.66. The lowest BCUT2D eigenvalue weighted by atomic mass is 10.1. The Morgan fingerprint density at radius 2 is 1.60 bits per heavy atom. The Hall–Kier alpha value is -2.23. The van der Waals surface area contributed by atoms with E-state index in [0.717, 1.165) is 11.8 Å². The van der Waals surface area contributed by atoms with E-state index in [9.17, 15) is 31.1 Å². The number of halogens is 6. The number of pyridine rings is 1. The first-order chi connectivity index (χ1) is 11.6. The molecule has 0 fully saturated rings.